The second-order valence-electron chi connectivity index (χ2n) is 19.7. The second-order valence-corrected chi connectivity index (χ2v) is 19.7. The van der Waals surface area contributed by atoms with Crippen molar-refractivity contribution in [3.05, 3.63) is 108 Å². The van der Waals surface area contributed by atoms with Crippen molar-refractivity contribution in [3.63, 3.8) is 0 Å². The van der Waals surface area contributed by atoms with Crippen molar-refractivity contribution in [1.82, 2.24) is 15.1 Å². The number of aliphatic carboxylic acids is 1. The molecule has 1 unspecified atom stereocenters. The average Bonchev–Trinajstić information content (AvgIpc) is 4.13. The minimum atomic E-state index is -0.968. The van der Waals surface area contributed by atoms with E-state index in [9.17, 15) is 33.9 Å². The number of Topliss-reactive ketones (excluding diaryl/α,β-unsaturated/α-hetero) is 1. The average molecular weight is 1040 g/mol. The summed E-state index contributed by atoms with van der Waals surface area (Å²) in [7, 11) is 0. The molecule has 19 heteroatoms. The van der Waals surface area contributed by atoms with Gasteiger partial charge in [-0.25, -0.2) is 19.2 Å². The number of ketones is 1. The zero-order valence-electron chi connectivity index (χ0n) is 44.3. The Labute approximate surface area is 453 Å². The van der Waals surface area contributed by atoms with Gasteiger partial charge in [-0.3, -0.25) is 19.4 Å². The first-order valence-corrected chi connectivity index (χ1v) is 25.9. The second kappa shape index (κ2) is 31.0. The predicted octanol–water partition coefficient (Wildman–Crippen LogP) is 4.85. The number of carbonyl (C=O) groups excluding carboxylic acids is 5. The van der Waals surface area contributed by atoms with Crippen LogP contribution in [0.1, 0.15) is 106 Å². The Morgan fingerprint density at radius 1 is 0.560 bits per heavy atom. The Balaban J connectivity index is 0.000000225. The smallest absolute Gasteiger partial charge is 0.870 e. The molecule has 3 aromatic carbocycles. The Kier molecular flexibility index (Phi) is 25.7. The van der Waals surface area contributed by atoms with E-state index in [0.29, 0.717) is 72.0 Å². The molecule has 6 fully saturated rings. The summed E-state index contributed by atoms with van der Waals surface area (Å²) in [5.41, 5.74) is 2.69. The number of nitrogens with one attached hydrogen (secondary N) is 1. The van der Waals surface area contributed by atoms with Gasteiger partial charge in [-0.05, 0) is 99.0 Å². The van der Waals surface area contributed by atoms with Crippen LogP contribution in [0.4, 0.5) is 9.59 Å². The Hall–Kier alpha value is -5.32. The largest absolute Gasteiger partial charge is 1.00 e. The van der Waals surface area contributed by atoms with Gasteiger partial charge >= 0.3 is 49.0 Å². The molecule has 6 heterocycles. The fourth-order valence-electron chi connectivity index (χ4n) is 10.4. The van der Waals surface area contributed by atoms with Crippen LogP contribution < -0.4 is 24.2 Å². The number of hydrogen-bond acceptors (Lipinski definition) is 15. The van der Waals surface area contributed by atoms with Crippen LogP contribution >= 0.6 is 0 Å². The number of rotatable bonds is 11. The summed E-state index contributed by atoms with van der Waals surface area (Å²) in [6, 6.07) is 26.8. The van der Waals surface area contributed by atoms with E-state index < -0.39 is 30.2 Å². The van der Waals surface area contributed by atoms with E-state index in [2.05, 4.69) is 5.32 Å². The van der Waals surface area contributed by atoms with Crippen molar-refractivity contribution in [1.29, 1.82) is 0 Å². The summed E-state index contributed by atoms with van der Waals surface area (Å²) in [5.74, 6) is -1.20. The number of carboxylic acids is 1. The molecule has 6 aliphatic rings. The van der Waals surface area contributed by atoms with Gasteiger partial charge in [-0.15, -0.1) is 0 Å². The maximum atomic E-state index is 12.6. The SMILES string of the molecule is CCC(=O)c1ccccc1.CCOC(=O)C1CC2(CCOCC2)CN1.CCOC(=O)[C@@H]1CC2(CCOCC2)CN1C(=O)OCc1ccccc1.O=C(O)[C@@H]1CC2(CCOCC2)CN1C(=O)OCc1ccccc1.[Li+].[OH-]. The van der Waals surface area contributed by atoms with Gasteiger partial charge in [0.2, 0.25) is 0 Å². The van der Waals surface area contributed by atoms with Crippen molar-refractivity contribution >= 4 is 35.9 Å². The third-order valence-corrected chi connectivity index (χ3v) is 14.7. The minimum Gasteiger partial charge on any atom is -0.870 e. The maximum absolute atomic E-state index is 12.6. The number of benzene rings is 3. The first-order chi connectivity index (χ1) is 35.3. The van der Waals surface area contributed by atoms with Crippen molar-refractivity contribution in [3.8, 4) is 0 Å². The summed E-state index contributed by atoms with van der Waals surface area (Å²) >= 11 is 0. The molecule has 2 amide bonds. The Morgan fingerprint density at radius 3 is 1.39 bits per heavy atom. The van der Waals surface area contributed by atoms with E-state index in [0.717, 1.165) is 81.4 Å². The summed E-state index contributed by atoms with van der Waals surface area (Å²) < 4.78 is 37.2. The molecule has 3 spiro atoms. The van der Waals surface area contributed by atoms with Crippen LogP contribution in [0.3, 0.4) is 0 Å². The molecule has 3 N–H and O–H groups in total. The first-order valence-electron chi connectivity index (χ1n) is 25.9. The van der Waals surface area contributed by atoms with Crippen LogP contribution in [0.2, 0.25) is 0 Å². The third kappa shape index (κ3) is 18.2. The van der Waals surface area contributed by atoms with Crippen LogP contribution in [0.5, 0.6) is 0 Å². The van der Waals surface area contributed by atoms with Gasteiger partial charge in [-0.2, -0.15) is 0 Å². The van der Waals surface area contributed by atoms with Gasteiger partial charge in [0.05, 0.1) is 13.2 Å². The molecule has 406 valence electrons. The van der Waals surface area contributed by atoms with Gasteiger partial charge in [0.15, 0.2) is 5.78 Å². The summed E-state index contributed by atoms with van der Waals surface area (Å²) in [6.07, 6.45) is 7.01. The molecule has 0 saturated carbocycles. The summed E-state index contributed by atoms with van der Waals surface area (Å²) in [5, 5.41) is 12.7. The standard InChI is InChI=1S/C19H25NO5.C17H21NO5.C11H19NO3.C9H10O.Li.H2O/c1-2-24-17(21)16-12-19(8-10-23-11-9-19)14-20(16)18(22)25-13-15-6-4-3-5-7-15;19-15(20)14-10-17(6-8-22-9-7-17)12-18(14)16(21)23-11-13-4-2-1-3-5-13;1-2-15-10(13)9-7-11(8-12-9)3-5-14-6-4-11;1-2-9(10)8-6-4-3-5-7-8;;/h3-7,16H,2,8-14H2,1H3;1-5,14H,6-12H2,(H,19,20);9,12H,2-8H2,1H3;3-7H,2H2,1H3;;1H2/q;;;;+1;/p-1/t16-;14-;;;;/m00..../s1. The monoisotopic (exact) mass is 1040 g/mol. The molecule has 0 aromatic heterocycles. The van der Waals surface area contributed by atoms with Gasteiger partial charge in [0.25, 0.3) is 0 Å². The third-order valence-electron chi connectivity index (χ3n) is 14.7. The van der Waals surface area contributed by atoms with Crippen molar-refractivity contribution in [2.45, 2.75) is 116 Å². The van der Waals surface area contributed by atoms with Gasteiger partial charge in [0.1, 0.15) is 31.3 Å². The summed E-state index contributed by atoms with van der Waals surface area (Å²) in [4.78, 5) is 74.4. The quantitative estimate of drug-likeness (QED) is 0.113. The zero-order chi connectivity index (χ0) is 52.1. The van der Waals surface area contributed by atoms with Crippen LogP contribution in [0.25, 0.3) is 0 Å². The van der Waals surface area contributed by atoms with Crippen LogP contribution in [0, 0.1) is 16.2 Å². The molecular weight excluding hydrogens is 962 g/mol. The number of carboxylic acid groups (broad SMARTS) is 1. The number of hydrogen-bond donors (Lipinski definition) is 2. The van der Waals surface area contributed by atoms with Crippen molar-refractivity contribution in [2.75, 3.05) is 72.5 Å². The molecule has 3 aromatic rings. The molecule has 18 nitrogen and oxygen atoms in total. The van der Waals surface area contributed by atoms with E-state index in [-0.39, 0.29) is 77.6 Å². The Bertz CT molecular complexity index is 2220. The fourth-order valence-corrected chi connectivity index (χ4v) is 10.4. The van der Waals surface area contributed by atoms with Crippen molar-refractivity contribution in [2.24, 2.45) is 16.2 Å². The number of ether oxygens (including phenoxy) is 7. The molecule has 9 rings (SSSR count). The zero-order valence-corrected chi connectivity index (χ0v) is 44.3. The van der Waals surface area contributed by atoms with Crippen LogP contribution in [-0.4, -0.2) is 147 Å². The minimum absolute atomic E-state index is 0. The fraction of sp³-hybridized carbons (Fsp3) is 0.571. The van der Waals surface area contributed by atoms with E-state index in [4.69, 9.17) is 33.2 Å². The number of nitrogens with zero attached hydrogens (tertiary/aromatic N) is 2. The molecular formula is C56H76LiN3O15. The molecule has 0 aliphatic carbocycles. The Morgan fingerprint density at radius 2 is 0.960 bits per heavy atom. The van der Waals surface area contributed by atoms with Gasteiger partial charge in [0, 0.05) is 71.3 Å². The van der Waals surface area contributed by atoms with Crippen molar-refractivity contribution < 1.29 is 91.4 Å². The number of esters is 2. The van der Waals surface area contributed by atoms with Crippen LogP contribution in [0.15, 0.2) is 91.0 Å². The van der Waals surface area contributed by atoms with Gasteiger partial charge < -0.3 is 49.1 Å². The molecule has 75 heavy (non-hydrogen) atoms. The molecule has 0 bridgehead atoms. The molecule has 6 aliphatic heterocycles. The normalized spacial score (nSPS) is 21.5. The maximum Gasteiger partial charge on any atom is 1.00 e. The number of carbonyl (C=O) groups is 6. The summed E-state index contributed by atoms with van der Waals surface area (Å²) in [6.45, 7) is 12.7. The number of amides is 2. The molecule has 3 atom stereocenters. The first kappa shape index (κ1) is 62.2. The topological polar surface area (TPSA) is 236 Å². The van der Waals surface area contributed by atoms with E-state index in [1.54, 1.807) is 11.8 Å². The molecule has 6 saturated heterocycles. The van der Waals surface area contributed by atoms with Gasteiger partial charge in [-0.1, -0.05) is 97.9 Å². The van der Waals surface area contributed by atoms with E-state index in [1.165, 1.54) is 4.90 Å². The van der Waals surface area contributed by atoms with E-state index in [1.807, 2.05) is 105 Å². The van der Waals surface area contributed by atoms with E-state index >= 15 is 0 Å². The predicted molar refractivity (Wildman–Crippen MR) is 271 cm³/mol. The number of likely N-dealkylation sites (tertiary alicyclic amines) is 2. The molecule has 0 radical (unpaired) electrons. The van der Waals surface area contributed by atoms with Crippen LogP contribution in [-0.2, 0) is 60.8 Å².